The first-order valence-corrected chi connectivity index (χ1v) is 5.45. The Balaban J connectivity index is 2.33. The van der Waals surface area contributed by atoms with Gasteiger partial charge in [0.2, 0.25) is 0 Å². The van der Waals surface area contributed by atoms with Gasteiger partial charge in [-0.25, -0.2) is 0 Å². The van der Waals surface area contributed by atoms with Crippen LogP contribution in [0.15, 0.2) is 0 Å². The molecule has 0 unspecified atom stereocenters. The van der Waals surface area contributed by atoms with E-state index in [4.69, 9.17) is 11.1 Å². The molecule has 0 aromatic rings. The number of hydrogen-bond acceptors (Lipinski definition) is 2. The normalized spacial score (nSPS) is 21.1. The minimum absolute atomic E-state index is 0.339. The molecule has 0 aromatic carbocycles. The molecule has 1 aliphatic heterocycles. The van der Waals surface area contributed by atoms with Crippen molar-refractivity contribution in [3.8, 4) is 0 Å². The third-order valence-electron chi connectivity index (χ3n) is 2.73. The zero-order chi connectivity index (χ0) is 10.8. The third-order valence-corrected chi connectivity index (χ3v) is 2.73. The maximum Gasteiger partial charge on any atom is 0.0937 e. The maximum absolute atomic E-state index is 7.39. The van der Waals surface area contributed by atoms with Crippen LogP contribution < -0.4 is 5.73 Å². The van der Waals surface area contributed by atoms with Crippen LogP contribution in [0.25, 0.3) is 0 Å². The Morgan fingerprint density at radius 2 is 1.86 bits per heavy atom. The van der Waals surface area contributed by atoms with Crippen molar-refractivity contribution < 1.29 is 0 Å². The van der Waals surface area contributed by atoms with E-state index < -0.39 is 0 Å². The summed E-state index contributed by atoms with van der Waals surface area (Å²) in [6.45, 7) is 10.2. The Kier molecular flexibility index (Phi) is 3.53. The molecule has 1 saturated heterocycles. The standard InChI is InChI=1S/C11H23N3/c1-11(2,3)8-14-6-4-9(5-7-14)10(12)13/h9H,4-8H2,1-3H3,(H3,12,13). The minimum atomic E-state index is 0.339. The number of nitrogens with two attached hydrogens (primary N) is 1. The summed E-state index contributed by atoms with van der Waals surface area (Å²) in [7, 11) is 0. The number of likely N-dealkylation sites (tertiary alicyclic amines) is 1. The van der Waals surface area contributed by atoms with E-state index in [1.165, 1.54) is 0 Å². The summed E-state index contributed by atoms with van der Waals surface area (Å²) >= 11 is 0. The van der Waals surface area contributed by atoms with Crippen LogP contribution >= 0.6 is 0 Å². The quantitative estimate of drug-likeness (QED) is 0.523. The average Bonchev–Trinajstić information content (AvgIpc) is 2.02. The molecule has 0 spiro atoms. The van der Waals surface area contributed by atoms with Gasteiger partial charge in [0.25, 0.3) is 0 Å². The highest BCUT2D eigenvalue weighted by Gasteiger charge is 2.23. The van der Waals surface area contributed by atoms with Crippen LogP contribution in [0.4, 0.5) is 0 Å². The number of nitrogens with zero attached hydrogens (tertiary/aromatic N) is 1. The number of amidine groups is 1. The lowest BCUT2D eigenvalue weighted by molar-refractivity contribution is 0.152. The lowest BCUT2D eigenvalue weighted by Crippen LogP contribution is -2.41. The lowest BCUT2D eigenvalue weighted by atomic mass is 9.91. The summed E-state index contributed by atoms with van der Waals surface area (Å²) in [6, 6.07) is 0. The molecule has 0 atom stereocenters. The molecule has 82 valence electrons. The molecule has 0 radical (unpaired) electrons. The van der Waals surface area contributed by atoms with Gasteiger partial charge in [-0.15, -0.1) is 0 Å². The molecule has 1 rings (SSSR count). The van der Waals surface area contributed by atoms with Crippen molar-refractivity contribution in [2.45, 2.75) is 33.6 Å². The molecule has 3 N–H and O–H groups in total. The molecule has 3 heteroatoms. The van der Waals surface area contributed by atoms with Gasteiger partial charge >= 0.3 is 0 Å². The maximum atomic E-state index is 7.39. The molecule has 0 aromatic heterocycles. The van der Waals surface area contributed by atoms with Crippen LogP contribution in [0.2, 0.25) is 0 Å². The van der Waals surface area contributed by atoms with Gasteiger partial charge in [-0.3, -0.25) is 5.41 Å². The molecule has 0 aliphatic carbocycles. The number of rotatable bonds is 2. The second-order valence-corrected chi connectivity index (χ2v) is 5.57. The predicted octanol–water partition coefficient (Wildman–Crippen LogP) is 1.68. The molecule has 1 heterocycles. The first kappa shape index (κ1) is 11.5. The highest BCUT2D eigenvalue weighted by molar-refractivity contribution is 5.79. The van der Waals surface area contributed by atoms with Crippen LogP contribution in [-0.4, -0.2) is 30.4 Å². The SMILES string of the molecule is CC(C)(C)CN1CCC(C(=N)N)CC1. The van der Waals surface area contributed by atoms with Crippen molar-refractivity contribution in [3.63, 3.8) is 0 Å². The Labute approximate surface area is 87.2 Å². The van der Waals surface area contributed by atoms with Crippen molar-refractivity contribution in [2.24, 2.45) is 17.1 Å². The highest BCUT2D eigenvalue weighted by atomic mass is 15.1. The number of hydrogen-bond donors (Lipinski definition) is 2. The Morgan fingerprint density at radius 3 is 2.21 bits per heavy atom. The summed E-state index contributed by atoms with van der Waals surface area (Å²) in [5, 5.41) is 7.39. The average molecular weight is 197 g/mol. The van der Waals surface area contributed by atoms with Crippen molar-refractivity contribution >= 4 is 5.84 Å². The molecular weight excluding hydrogens is 174 g/mol. The van der Waals surface area contributed by atoms with Crippen LogP contribution in [0, 0.1) is 16.7 Å². The van der Waals surface area contributed by atoms with Crippen LogP contribution in [0.1, 0.15) is 33.6 Å². The molecule has 0 amide bonds. The van der Waals surface area contributed by atoms with E-state index in [0.717, 1.165) is 32.5 Å². The van der Waals surface area contributed by atoms with E-state index in [0.29, 0.717) is 17.2 Å². The zero-order valence-corrected chi connectivity index (χ0v) is 9.64. The van der Waals surface area contributed by atoms with Gasteiger partial charge < -0.3 is 10.6 Å². The summed E-state index contributed by atoms with van der Waals surface area (Å²) < 4.78 is 0. The fourth-order valence-electron chi connectivity index (χ4n) is 2.07. The second kappa shape index (κ2) is 4.30. The van der Waals surface area contributed by atoms with Gasteiger partial charge in [-0.2, -0.15) is 0 Å². The molecular formula is C11H23N3. The summed E-state index contributed by atoms with van der Waals surface area (Å²) in [6.07, 6.45) is 2.12. The van der Waals surface area contributed by atoms with E-state index in [-0.39, 0.29) is 0 Å². The summed E-state index contributed by atoms with van der Waals surface area (Å²) in [5.41, 5.74) is 5.88. The largest absolute Gasteiger partial charge is 0.387 e. The van der Waals surface area contributed by atoms with Crippen molar-refractivity contribution in [2.75, 3.05) is 19.6 Å². The van der Waals surface area contributed by atoms with Gasteiger partial charge in [0, 0.05) is 12.5 Å². The smallest absolute Gasteiger partial charge is 0.0937 e. The molecule has 0 saturated carbocycles. The second-order valence-electron chi connectivity index (χ2n) is 5.57. The molecule has 14 heavy (non-hydrogen) atoms. The van der Waals surface area contributed by atoms with E-state index in [1.807, 2.05) is 0 Å². The van der Waals surface area contributed by atoms with Crippen LogP contribution in [0.3, 0.4) is 0 Å². The van der Waals surface area contributed by atoms with E-state index in [9.17, 15) is 0 Å². The van der Waals surface area contributed by atoms with Crippen molar-refractivity contribution in [1.29, 1.82) is 5.41 Å². The zero-order valence-electron chi connectivity index (χ0n) is 9.64. The number of piperidine rings is 1. The van der Waals surface area contributed by atoms with E-state index >= 15 is 0 Å². The van der Waals surface area contributed by atoms with Gasteiger partial charge in [0.05, 0.1) is 5.84 Å². The van der Waals surface area contributed by atoms with Gasteiger partial charge in [0.15, 0.2) is 0 Å². The summed E-state index contributed by atoms with van der Waals surface area (Å²) in [4.78, 5) is 2.49. The number of nitrogens with one attached hydrogen (secondary N) is 1. The first-order chi connectivity index (χ1) is 6.38. The fraction of sp³-hybridized carbons (Fsp3) is 0.909. The van der Waals surface area contributed by atoms with Crippen molar-refractivity contribution in [1.82, 2.24) is 4.90 Å². The minimum Gasteiger partial charge on any atom is -0.387 e. The van der Waals surface area contributed by atoms with Gasteiger partial charge in [-0.1, -0.05) is 20.8 Å². The topological polar surface area (TPSA) is 53.1 Å². The third kappa shape index (κ3) is 3.66. The molecule has 0 bridgehead atoms. The Morgan fingerprint density at radius 1 is 1.36 bits per heavy atom. The first-order valence-electron chi connectivity index (χ1n) is 5.45. The molecule has 1 fully saturated rings. The Bertz CT molecular complexity index is 197. The fourth-order valence-corrected chi connectivity index (χ4v) is 2.07. The van der Waals surface area contributed by atoms with Crippen molar-refractivity contribution in [3.05, 3.63) is 0 Å². The van der Waals surface area contributed by atoms with Crippen LogP contribution in [0.5, 0.6) is 0 Å². The highest BCUT2D eigenvalue weighted by Crippen LogP contribution is 2.21. The van der Waals surface area contributed by atoms with E-state index in [1.54, 1.807) is 0 Å². The Hall–Kier alpha value is -0.570. The van der Waals surface area contributed by atoms with Gasteiger partial charge in [0.1, 0.15) is 0 Å². The lowest BCUT2D eigenvalue weighted by Gasteiger charge is -2.35. The summed E-state index contributed by atoms with van der Waals surface area (Å²) in [5.74, 6) is 0.714. The molecule has 3 nitrogen and oxygen atoms in total. The van der Waals surface area contributed by atoms with E-state index in [2.05, 4.69) is 25.7 Å². The predicted molar refractivity (Wildman–Crippen MR) is 60.5 cm³/mol. The van der Waals surface area contributed by atoms with Crippen LogP contribution in [-0.2, 0) is 0 Å². The monoisotopic (exact) mass is 197 g/mol. The molecule has 1 aliphatic rings. The van der Waals surface area contributed by atoms with Gasteiger partial charge in [-0.05, 0) is 31.3 Å².